The molecule has 0 aliphatic carbocycles. The van der Waals surface area contributed by atoms with Gasteiger partial charge in [-0.3, -0.25) is 9.59 Å². The highest BCUT2D eigenvalue weighted by molar-refractivity contribution is 6.31. The molecule has 4 rings (SSSR count). The normalized spacial score (nSPS) is 10.4. The van der Waals surface area contributed by atoms with Gasteiger partial charge >= 0.3 is 0 Å². The molecule has 0 radical (unpaired) electrons. The SMILES string of the molecule is O=C(Nc1cccc(Oc2ccccc2)c1NC(=O)c1ccc(Cl)cc1)c1ccc(Cl)cc1. The van der Waals surface area contributed by atoms with Crippen molar-refractivity contribution in [2.24, 2.45) is 0 Å². The van der Waals surface area contributed by atoms with Crippen LogP contribution in [-0.2, 0) is 0 Å². The second kappa shape index (κ2) is 10.2. The molecule has 0 unspecified atom stereocenters. The van der Waals surface area contributed by atoms with Crippen molar-refractivity contribution < 1.29 is 14.3 Å². The fraction of sp³-hybridized carbons (Fsp3) is 0. The molecule has 5 nitrogen and oxygen atoms in total. The first kappa shape index (κ1) is 22.4. The molecule has 2 N–H and O–H groups in total. The van der Waals surface area contributed by atoms with Gasteiger partial charge in [0.15, 0.2) is 5.75 Å². The lowest BCUT2D eigenvalue weighted by Crippen LogP contribution is -2.17. The Morgan fingerprint density at radius 1 is 0.606 bits per heavy atom. The molecule has 0 spiro atoms. The van der Waals surface area contributed by atoms with Crippen molar-refractivity contribution in [3.63, 3.8) is 0 Å². The number of hydrogen-bond acceptors (Lipinski definition) is 3. The van der Waals surface area contributed by atoms with Crippen LogP contribution in [0.4, 0.5) is 11.4 Å². The highest BCUT2D eigenvalue weighted by atomic mass is 35.5. The summed E-state index contributed by atoms with van der Waals surface area (Å²) in [5.41, 5.74) is 1.53. The minimum Gasteiger partial charge on any atom is -0.455 e. The third-order valence-corrected chi connectivity index (χ3v) is 5.20. The van der Waals surface area contributed by atoms with Gasteiger partial charge in [-0.2, -0.15) is 0 Å². The molecular weight excluding hydrogens is 459 g/mol. The van der Waals surface area contributed by atoms with Gasteiger partial charge in [-0.15, -0.1) is 0 Å². The van der Waals surface area contributed by atoms with Crippen LogP contribution in [0.1, 0.15) is 20.7 Å². The minimum atomic E-state index is -0.377. The van der Waals surface area contributed by atoms with E-state index in [4.69, 9.17) is 27.9 Å². The Hall–Kier alpha value is -3.80. The van der Waals surface area contributed by atoms with Crippen LogP contribution in [0.5, 0.6) is 11.5 Å². The van der Waals surface area contributed by atoms with E-state index in [2.05, 4.69) is 10.6 Å². The highest BCUT2D eigenvalue weighted by Gasteiger charge is 2.17. The number of para-hydroxylation sites is 2. The van der Waals surface area contributed by atoms with Crippen molar-refractivity contribution in [2.75, 3.05) is 10.6 Å². The second-order valence-corrected chi connectivity index (χ2v) is 7.89. The molecule has 0 fully saturated rings. The van der Waals surface area contributed by atoms with Crippen molar-refractivity contribution in [2.45, 2.75) is 0 Å². The molecular formula is C26H18Cl2N2O3. The molecule has 33 heavy (non-hydrogen) atoms. The summed E-state index contributed by atoms with van der Waals surface area (Å²) < 4.78 is 6.00. The average molecular weight is 477 g/mol. The fourth-order valence-electron chi connectivity index (χ4n) is 3.05. The Morgan fingerprint density at radius 2 is 1.15 bits per heavy atom. The summed E-state index contributed by atoms with van der Waals surface area (Å²) in [6.07, 6.45) is 0. The van der Waals surface area contributed by atoms with E-state index in [-0.39, 0.29) is 11.8 Å². The molecule has 7 heteroatoms. The zero-order chi connectivity index (χ0) is 23.2. The molecule has 4 aromatic carbocycles. The molecule has 0 bridgehead atoms. The Morgan fingerprint density at radius 3 is 1.73 bits per heavy atom. The van der Waals surface area contributed by atoms with E-state index in [1.165, 1.54) is 0 Å². The molecule has 4 aromatic rings. The van der Waals surface area contributed by atoms with Crippen LogP contribution in [0.15, 0.2) is 97.1 Å². The monoisotopic (exact) mass is 476 g/mol. The van der Waals surface area contributed by atoms with Gasteiger partial charge in [0.05, 0.1) is 5.69 Å². The van der Waals surface area contributed by atoms with Crippen LogP contribution >= 0.6 is 23.2 Å². The predicted octanol–water partition coefficient (Wildman–Crippen LogP) is 7.29. The average Bonchev–Trinajstić information content (AvgIpc) is 2.82. The van der Waals surface area contributed by atoms with Gasteiger partial charge in [-0.05, 0) is 72.8 Å². The maximum Gasteiger partial charge on any atom is 0.255 e. The number of carbonyl (C=O) groups excluding carboxylic acids is 2. The van der Waals surface area contributed by atoms with Gasteiger partial charge in [-0.25, -0.2) is 0 Å². The summed E-state index contributed by atoms with van der Waals surface area (Å²) in [6, 6.07) is 27.3. The first-order valence-electron chi connectivity index (χ1n) is 9.99. The van der Waals surface area contributed by atoms with E-state index in [1.54, 1.807) is 78.9 Å². The molecule has 2 amide bonds. The topological polar surface area (TPSA) is 67.4 Å². The van der Waals surface area contributed by atoms with Gasteiger partial charge < -0.3 is 15.4 Å². The van der Waals surface area contributed by atoms with E-state index >= 15 is 0 Å². The number of carbonyl (C=O) groups is 2. The van der Waals surface area contributed by atoms with E-state index < -0.39 is 0 Å². The summed E-state index contributed by atoms with van der Waals surface area (Å²) >= 11 is 11.9. The van der Waals surface area contributed by atoms with Gasteiger partial charge in [0.2, 0.25) is 0 Å². The molecule has 0 heterocycles. The Labute approximate surface area is 200 Å². The van der Waals surface area contributed by atoms with E-state index in [0.29, 0.717) is 44.0 Å². The molecule has 0 atom stereocenters. The Bertz CT molecular complexity index is 1280. The lowest BCUT2D eigenvalue weighted by Gasteiger charge is -2.17. The molecule has 0 aliphatic heterocycles. The summed E-state index contributed by atoms with van der Waals surface area (Å²) in [7, 11) is 0. The van der Waals surface area contributed by atoms with Crippen LogP contribution in [0.3, 0.4) is 0 Å². The zero-order valence-electron chi connectivity index (χ0n) is 17.2. The van der Waals surface area contributed by atoms with Crippen molar-refractivity contribution in [3.8, 4) is 11.5 Å². The van der Waals surface area contributed by atoms with Crippen LogP contribution in [0.25, 0.3) is 0 Å². The summed E-state index contributed by atoms with van der Waals surface area (Å²) in [5, 5.41) is 6.75. The van der Waals surface area contributed by atoms with Crippen molar-refractivity contribution in [1.29, 1.82) is 0 Å². The van der Waals surface area contributed by atoms with Crippen molar-refractivity contribution in [1.82, 2.24) is 0 Å². The number of rotatable bonds is 6. The molecule has 0 saturated heterocycles. The van der Waals surface area contributed by atoms with E-state index in [1.807, 2.05) is 18.2 Å². The molecule has 164 valence electrons. The first-order valence-corrected chi connectivity index (χ1v) is 10.7. The predicted molar refractivity (Wildman–Crippen MR) is 132 cm³/mol. The van der Waals surface area contributed by atoms with E-state index in [9.17, 15) is 9.59 Å². The van der Waals surface area contributed by atoms with Crippen LogP contribution in [0, 0.1) is 0 Å². The van der Waals surface area contributed by atoms with Gasteiger partial charge in [0.25, 0.3) is 11.8 Å². The van der Waals surface area contributed by atoms with Crippen LogP contribution in [0.2, 0.25) is 10.0 Å². The van der Waals surface area contributed by atoms with Gasteiger partial charge in [0.1, 0.15) is 11.4 Å². The van der Waals surface area contributed by atoms with Crippen LogP contribution in [-0.4, -0.2) is 11.8 Å². The smallest absolute Gasteiger partial charge is 0.255 e. The quantitative estimate of drug-likeness (QED) is 0.307. The number of benzene rings is 4. The Kier molecular flexibility index (Phi) is 6.93. The number of ether oxygens (including phenoxy) is 1. The van der Waals surface area contributed by atoms with Crippen molar-refractivity contribution >= 4 is 46.4 Å². The third-order valence-electron chi connectivity index (χ3n) is 4.70. The zero-order valence-corrected chi connectivity index (χ0v) is 18.7. The Balaban J connectivity index is 1.68. The molecule has 0 saturated carbocycles. The standard InChI is InChI=1S/C26H18Cl2N2O3/c27-19-13-9-17(10-14-19)25(31)29-22-7-4-8-23(33-21-5-2-1-3-6-21)24(22)30-26(32)18-11-15-20(28)16-12-18/h1-16H,(H,29,31)(H,30,32). The van der Waals surface area contributed by atoms with Crippen molar-refractivity contribution in [3.05, 3.63) is 118 Å². The summed E-state index contributed by atoms with van der Waals surface area (Å²) in [6.45, 7) is 0. The maximum absolute atomic E-state index is 12.9. The first-order chi connectivity index (χ1) is 16.0. The van der Waals surface area contributed by atoms with E-state index in [0.717, 1.165) is 0 Å². The lowest BCUT2D eigenvalue weighted by atomic mass is 10.1. The second-order valence-electron chi connectivity index (χ2n) is 7.02. The maximum atomic E-state index is 12.9. The number of amides is 2. The van der Waals surface area contributed by atoms with Gasteiger partial charge in [0, 0.05) is 21.2 Å². The number of hydrogen-bond donors (Lipinski definition) is 2. The number of halogens is 2. The summed E-state index contributed by atoms with van der Waals surface area (Å²) in [4.78, 5) is 25.8. The van der Waals surface area contributed by atoms with Gasteiger partial charge in [-0.1, -0.05) is 47.5 Å². The highest BCUT2D eigenvalue weighted by Crippen LogP contribution is 2.36. The lowest BCUT2D eigenvalue weighted by molar-refractivity contribution is 0.101. The third kappa shape index (κ3) is 5.71. The number of anilines is 2. The summed E-state index contributed by atoms with van der Waals surface area (Å²) in [5.74, 6) is 0.223. The molecule has 0 aromatic heterocycles. The minimum absolute atomic E-state index is 0.323. The number of nitrogens with one attached hydrogen (secondary N) is 2. The fourth-order valence-corrected chi connectivity index (χ4v) is 3.30. The molecule has 0 aliphatic rings. The van der Waals surface area contributed by atoms with Crippen LogP contribution < -0.4 is 15.4 Å². The largest absolute Gasteiger partial charge is 0.455 e.